The minimum atomic E-state index is -0.191. The van der Waals surface area contributed by atoms with Crippen LogP contribution in [-0.2, 0) is 4.79 Å². The van der Waals surface area contributed by atoms with Crippen molar-refractivity contribution in [2.24, 2.45) is 0 Å². The molecule has 0 aromatic heterocycles. The molecule has 2 aliphatic rings. The molecule has 2 aromatic carbocycles. The molecular weight excluding hydrogens is 458 g/mol. The number of nitrogens with zero attached hydrogens (tertiary/aromatic N) is 3. The molecule has 0 spiro atoms. The zero-order chi connectivity index (χ0) is 19.8. The lowest BCUT2D eigenvalue weighted by Crippen LogP contribution is -2.47. The third kappa shape index (κ3) is 3.43. The van der Waals surface area contributed by atoms with Crippen LogP contribution in [0.15, 0.2) is 57.5 Å². The minimum absolute atomic E-state index is 0.0406. The van der Waals surface area contributed by atoms with Gasteiger partial charge in [0.05, 0.1) is 29.2 Å². The second-order valence-electron chi connectivity index (χ2n) is 6.80. The van der Waals surface area contributed by atoms with Crippen molar-refractivity contribution < 1.29 is 4.79 Å². The van der Waals surface area contributed by atoms with Gasteiger partial charge in [-0.3, -0.25) is 9.69 Å². The number of hydrogen-bond donors (Lipinski definition) is 0. The number of fused-ring (bicyclic) bond motifs is 1. The quantitative estimate of drug-likeness (QED) is 0.566. The average Bonchev–Trinajstić information content (AvgIpc) is 2.70. The standard InChI is InChI=1S/C21H17BrClN3OS/c1-13-18(23)3-2-4-19(13)25-11-26-20(27)9-16(14-5-7-15(22)8-6-14)17(10-24)21(26)28-12-25/h2-8,16H,9,11-12H2,1H3/t16-/m0/s1. The molecule has 1 amide bonds. The maximum absolute atomic E-state index is 13.0. The normalized spacial score (nSPS) is 19.5. The van der Waals surface area contributed by atoms with Crippen LogP contribution < -0.4 is 4.90 Å². The summed E-state index contributed by atoms with van der Waals surface area (Å²) in [4.78, 5) is 16.8. The van der Waals surface area contributed by atoms with Crippen LogP contribution in [0.4, 0.5) is 5.69 Å². The van der Waals surface area contributed by atoms with Crippen LogP contribution in [0, 0.1) is 18.3 Å². The number of nitriles is 1. The summed E-state index contributed by atoms with van der Waals surface area (Å²) in [6.45, 7) is 2.41. The van der Waals surface area contributed by atoms with Crippen LogP contribution in [0.5, 0.6) is 0 Å². The van der Waals surface area contributed by atoms with E-state index in [1.165, 1.54) is 11.8 Å². The number of amides is 1. The molecule has 0 aliphatic carbocycles. The Kier molecular flexibility index (Phi) is 5.42. The van der Waals surface area contributed by atoms with E-state index in [4.69, 9.17) is 11.6 Å². The van der Waals surface area contributed by atoms with Crippen LogP contribution in [0.3, 0.4) is 0 Å². The van der Waals surface area contributed by atoms with Crippen LogP contribution in [-0.4, -0.2) is 23.4 Å². The Hall–Kier alpha value is -1.94. The highest BCUT2D eigenvalue weighted by Crippen LogP contribution is 2.44. The Morgan fingerprint density at radius 2 is 2.00 bits per heavy atom. The molecule has 4 nitrogen and oxygen atoms in total. The first-order valence-electron chi connectivity index (χ1n) is 8.82. The smallest absolute Gasteiger partial charge is 0.229 e. The fourth-order valence-electron chi connectivity index (χ4n) is 3.63. The van der Waals surface area contributed by atoms with Crippen molar-refractivity contribution >= 4 is 50.9 Å². The fraction of sp³-hybridized carbons (Fsp3) is 0.238. The van der Waals surface area contributed by atoms with E-state index in [2.05, 4.69) is 26.9 Å². The van der Waals surface area contributed by atoms with Gasteiger partial charge in [0.15, 0.2) is 0 Å². The number of anilines is 1. The highest BCUT2D eigenvalue weighted by Gasteiger charge is 2.38. The van der Waals surface area contributed by atoms with Gasteiger partial charge in [-0.1, -0.05) is 57.5 Å². The maximum Gasteiger partial charge on any atom is 0.229 e. The molecule has 1 saturated heterocycles. The maximum atomic E-state index is 13.0. The van der Waals surface area contributed by atoms with E-state index >= 15 is 0 Å². The second-order valence-corrected chi connectivity index (χ2v) is 9.06. The topological polar surface area (TPSA) is 47.3 Å². The fourth-order valence-corrected chi connectivity index (χ4v) is 5.23. The molecule has 0 saturated carbocycles. The van der Waals surface area contributed by atoms with Gasteiger partial charge in [-0.15, -0.1) is 0 Å². The number of hydrogen-bond acceptors (Lipinski definition) is 4. The van der Waals surface area contributed by atoms with E-state index in [1.54, 1.807) is 4.90 Å². The molecule has 2 aliphatic heterocycles. The van der Waals surface area contributed by atoms with Crippen molar-refractivity contribution in [2.75, 3.05) is 17.4 Å². The summed E-state index contributed by atoms with van der Waals surface area (Å²) < 4.78 is 0.978. The lowest BCUT2D eigenvalue weighted by atomic mass is 9.86. The van der Waals surface area contributed by atoms with Gasteiger partial charge in [0.25, 0.3) is 0 Å². The van der Waals surface area contributed by atoms with Crippen molar-refractivity contribution in [2.45, 2.75) is 19.3 Å². The summed E-state index contributed by atoms with van der Waals surface area (Å²) in [5.74, 6) is 0.515. The Morgan fingerprint density at radius 3 is 2.71 bits per heavy atom. The molecule has 2 heterocycles. The summed E-state index contributed by atoms with van der Waals surface area (Å²) in [7, 11) is 0. The average molecular weight is 475 g/mol. The minimum Gasteiger partial charge on any atom is -0.343 e. The van der Waals surface area contributed by atoms with E-state index in [0.29, 0.717) is 29.6 Å². The zero-order valence-corrected chi connectivity index (χ0v) is 18.3. The molecule has 0 radical (unpaired) electrons. The number of rotatable bonds is 2. The summed E-state index contributed by atoms with van der Waals surface area (Å²) in [6, 6.07) is 16.0. The van der Waals surface area contributed by atoms with E-state index in [1.807, 2.05) is 49.4 Å². The number of thioether (sulfide) groups is 1. The highest BCUT2D eigenvalue weighted by atomic mass is 79.9. The van der Waals surface area contributed by atoms with E-state index in [9.17, 15) is 10.1 Å². The highest BCUT2D eigenvalue weighted by molar-refractivity contribution is 9.10. The van der Waals surface area contributed by atoms with Gasteiger partial charge in [-0.2, -0.15) is 5.26 Å². The molecule has 0 unspecified atom stereocenters. The van der Waals surface area contributed by atoms with Crippen molar-refractivity contribution in [1.29, 1.82) is 5.26 Å². The summed E-state index contributed by atoms with van der Waals surface area (Å²) in [6.07, 6.45) is 0.303. The lowest BCUT2D eigenvalue weighted by Gasteiger charge is -2.42. The van der Waals surface area contributed by atoms with Crippen LogP contribution in [0.2, 0.25) is 5.02 Å². The van der Waals surface area contributed by atoms with Crippen molar-refractivity contribution in [1.82, 2.24) is 4.90 Å². The van der Waals surface area contributed by atoms with Crippen LogP contribution >= 0.6 is 39.3 Å². The second kappa shape index (κ2) is 7.82. The summed E-state index contributed by atoms with van der Waals surface area (Å²) >= 11 is 11.2. The van der Waals surface area contributed by atoms with Crippen molar-refractivity contribution in [3.05, 3.63) is 73.7 Å². The molecule has 4 rings (SSSR count). The molecule has 28 heavy (non-hydrogen) atoms. The Bertz CT molecular complexity index is 1020. The molecule has 0 bridgehead atoms. The number of halogens is 2. The van der Waals surface area contributed by atoms with Crippen LogP contribution in [0.25, 0.3) is 0 Å². The molecule has 0 N–H and O–H groups in total. The van der Waals surface area contributed by atoms with Gasteiger partial charge >= 0.3 is 0 Å². The van der Waals surface area contributed by atoms with Crippen molar-refractivity contribution in [3.63, 3.8) is 0 Å². The number of carbonyl (C=O) groups is 1. The van der Waals surface area contributed by atoms with E-state index in [-0.39, 0.29) is 11.8 Å². The van der Waals surface area contributed by atoms with E-state index in [0.717, 1.165) is 26.3 Å². The molecule has 1 fully saturated rings. The number of carbonyl (C=O) groups excluding carboxylic acids is 1. The Labute approximate surface area is 181 Å². The Balaban J connectivity index is 1.68. The predicted molar refractivity (Wildman–Crippen MR) is 117 cm³/mol. The lowest BCUT2D eigenvalue weighted by molar-refractivity contribution is -0.129. The first kappa shape index (κ1) is 19.4. The SMILES string of the molecule is Cc1c(Cl)cccc1N1CSC2=C(C#N)[C@H](c3ccc(Br)cc3)CC(=O)N2C1. The third-order valence-electron chi connectivity index (χ3n) is 5.15. The summed E-state index contributed by atoms with van der Waals surface area (Å²) in [5.41, 5.74) is 3.68. The van der Waals surface area contributed by atoms with Gasteiger partial charge in [-0.25, -0.2) is 0 Å². The predicted octanol–water partition coefficient (Wildman–Crippen LogP) is 5.63. The molecular formula is C21H17BrClN3OS. The van der Waals surface area contributed by atoms with Gasteiger partial charge in [0, 0.05) is 27.5 Å². The molecule has 142 valence electrons. The van der Waals surface area contributed by atoms with Gasteiger partial charge in [0.2, 0.25) is 5.91 Å². The van der Waals surface area contributed by atoms with Gasteiger partial charge in [0.1, 0.15) is 0 Å². The largest absolute Gasteiger partial charge is 0.343 e. The van der Waals surface area contributed by atoms with Gasteiger partial charge in [-0.05, 0) is 42.3 Å². The Morgan fingerprint density at radius 1 is 1.25 bits per heavy atom. The monoisotopic (exact) mass is 473 g/mol. The number of benzene rings is 2. The summed E-state index contributed by atoms with van der Waals surface area (Å²) in [5, 5.41) is 11.4. The zero-order valence-electron chi connectivity index (χ0n) is 15.2. The molecule has 2 aromatic rings. The van der Waals surface area contributed by atoms with Gasteiger partial charge < -0.3 is 4.90 Å². The first-order chi connectivity index (χ1) is 13.5. The molecule has 1 atom stereocenters. The first-order valence-corrected chi connectivity index (χ1v) is 11.0. The van der Waals surface area contributed by atoms with Crippen LogP contribution in [0.1, 0.15) is 23.5 Å². The number of allylic oxidation sites excluding steroid dienone is 1. The van der Waals surface area contributed by atoms with Crippen molar-refractivity contribution in [3.8, 4) is 6.07 Å². The third-order valence-corrected chi connectivity index (χ3v) is 7.24. The van der Waals surface area contributed by atoms with E-state index < -0.39 is 0 Å². The molecule has 7 heteroatoms.